The summed E-state index contributed by atoms with van der Waals surface area (Å²) < 4.78 is 17.6. The van der Waals surface area contributed by atoms with E-state index in [1.54, 1.807) is 7.11 Å². The van der Waals surface area contributed by atoms with E-state index in [2.05, 4.69) is 10.3 Å². The summed E-state index contributed by atoms with van der Waals surface area (Å²) in [6.07, 6.45) is 2.42. The number of hydrogen-bond donors (Lipinski definition) is 1. The van der Waals surface area contributed by atoms with Gasteiger partial charge in [0.1, 0.15) is 5.82 Å². The van der Waals surface area contributed by atoms with Crippen LogP contribution in [0.25, 0.3) is 0 Å². The van der Waals surface area contributed by atoms with E-state index < -0.39 is 7.12 Å². The normalized spacial score (nSPS) is 23.2. The molecule has 3 rings (SSSR count). The lowest BCUT2D eigenvalue weighted by atomic mass is 9.79. The molecule has 1 aliphatic carbocycles. The van der Waals surface area contributed by atoms with E-state index in [-0.39, 0.29) is 11.2 Å². The fraction of sp³-hybridized carbons (Fsp3) is 0.667. The van der Waals surface area contributed by atoms with Crippen molar-refractivity contribution in [3.8, 4) is 5.88 Å². The highest BCUT2D eigenvalue weighted by Gasteiger charge is 2.52. The lowest BCUT2D eigenvalue weighted by Crippen LogP contribution is -2.41. The number of ether oxygens (including phenoxy) is 1. The molecule has 1 saturated carbocycles. The quantitative estimate of drug-likeness (QED) is 0.859. The predicted octanol–water partition coefficient (Wildman–Crippen LogP) is 1.96. The fourth-order valence-corrected chi connectivity index (χ4v) is 2.28. The van der Waals surface area contributed by atoms with Crippen molar-refractivity contribution in [1.82, 2.24) is 4.98 Å². The molecule has 6 heteroatoms. The van der Waals surface area contributed by atoms with Crippen molar-refractivity contribution in [3.63, 3.8) is 0 Å². The van der Waals surface area contributed by atoms with Gasteiger partial charge in [0.2, 0.25) is 5.88 Å². The molecule has 114 valence electrons. The lowest BCUT2D eigenvalue weighted by Gasteiger charge is -2.32. The summed E-state index contributed by atoms with van der Waals surface area (Å²) in [6.45, 7) is 8.15. The van der Waals surface area contributed by atoms with Crippen molar-refractivity contribution in [2.45, 2.75) is 57.8 Å². The third-order valence-corrected chi connectivity index (χ3v) is 4.52. The number of methoxy groups -OCH3 is 1. The Morgan fingerprint density at radius 3 is 2.33 bits per heavy atom. The molecule has 0 unspecified atom stereocenters. The van der Waals surface area contributed by atoms with Gasteiger partial charge in [0, 0.05) is 11.5 Å². The van der Waals surface area contributed by atoms with E-state index in [1.165, 1.54) is 12.8 Å². The van der Waals surface area contributed by atoms with Crippen molar-refractivity contribution in [2.75, 3.05) is 12.4 Å². The van der Waals surface area contributed by atoms with Gasteiger partial charge in [-0.2, -0.15) is 4.98 Å². The van der Waals surface area contributed by atoms with Crippen molar-refractivity contribution < 1.29 is 14.0 Å². The summed E-state index contributed by atoms with van der Waals surface area (Å²) in [5.74, 6) is 1.40. The van der Waals surface area contributed by atoms with Crippen molar-refractivity contribution in [1.29, 1.82) is 0 Å². The van der Waals surface area contributed by atoms with Crippen LogP contribution in [0.5, 0.6) is 5.88 Å². The van der Waals surface area contributed by atoms with Crippen molar-refractivity contribution >= 4 is 18.4 Å². The number of hydrogen-bond acceptors (Lipinski definition) is 5. The molecule has 0 aromatic carbocycles. The van der Waals surface area contributed by atoms with Crippen LogP contribution >= 0.6 is 0 Å². The van der Waals surface area contributed by atoms with Crippen LogP contribution in [0, 0.1) is 0 Å². The smallest absolute Gasteiger partial charge is 0.481 e. The molecule has 5 nitrogen and oxygen atoms in total. The van der Waals surface area contributed by atoms with Crippen molar-refractivity contribution in [3.05, 3.63) is 12.1 Å². The number of aromatic nitrogens is 1. The van der Waals surface area contributed by atoms with Gasteiger partial charge in [-0.1, -0.05) is 6.07 Å². The predicted molar refractivity (Wildman–Crippen MR) is 83.1 cm³/mol. The summed E-state index contributed by atoms with van der Waals surface area (Å²) in [5.41, 5.74) is 0.0961. The molecule has 0 radical (unpaired) electrons. The third kappa shape index (κ3) is 2.74. The average Bonchev–Trinajstić information content (AvgIpc) is 3.17. The Morgan fingerprint density at radius 1 is 1.19 bits per heavy atom. The Kier molecular flexibility index (Phi) is 3.41. The Bertz CT molecular complexity index is 528. The van der Waals surface area contributed by atoms with Crippen LogP contribution in [0.2, 0.25) is 0 Å². The second kappa shape index (κ2) is 4.88. The summed E-state index contributed by atoms with van der Waals surface area (Å²) in [4.78, 5) is 4.52. The topological polar surface area (TPSA) is 52.6 Å². The molecule has 2 aliphatic rings. The molecule has 1 aromatic heterocycles. The summed E-state index contributed by atoms with van der Waals surface area (Å²) >= 11 is 0. The maximum atomic E-state index is 6.06. The first kappa shape index (κ1) is 14.7. The molecule has 2 fully saturated rings. The van der Waals surface area contributed by atoms with Gasteiger partial charge >= 0.3 is 7.12 Å². The van der Waals surface area contributed by atoms with Gasteiger partial charge in [-0.15, -0.1) is 0 Å². The first-order chi connectivity index (χ1) is 9.82. The van der Waals surface area contributed by atoms with Crippen LogP contribution in [0.3, 0.4) is 0 Å². The molecule has 1 saturated heterocycles. The molecule has 0 atom stereocenters. The van der Waals surface area contributed by atoms with Crippen molar-refractivity contribution in [2.24, 2.45) is 0 Å². The zero-order chi connectivity index (χ0) is 15.3. The lowest BCUT2D eigenvalue weighted by molar-refractivity contribution is 0.00578. The van der Waals surface area contributed by atoms with Crippen LogP contribution in [0.1, 0.15) is 40.5 Å². The molecule has 0 amide bonds. The number of pyridine rings is 1. The summed E-state index contributed by atoms with van der Waals surface area (Å²) in [6, 6.07) is 4.49. The average molecular weight is 290 g/mol. The fourth-order valence-electron chi connectivity index (χ4n) is 2.28. The van der Waals surface area contributed by atoms with E-state index in [1.807, 2.05) is 39.8 Å². The SMILES string of the molecule is COc1nc(NC2CC2)ccc1B1OC(C)(C)C(C)(C)O1. The van der Waals surface area contributed by atoms with Gasteiger partial charge < -0.3 is 19.4 Å². The number of rotatable bonds is 4. The molecule has 2 heterocycles. The minimum atomic E-state index is -0.451. The standard InChI is InChI=1S/C15H23BN2O3/c1-14(2)15(3,4)21-16(20-14)11-8-9-12(17-10-6-7-10)18-13(11)19-5/h8-10H,6-7H2,1-5H3,(H,17,18). The molecular formula is C15H23BN2O3. The molecule has 1 aliphatic heterocycles. The van der Waals surface area contributed by atoms with Crippen LogP contribution in [-0.4, -0.2) is 36.5 Å². The van der Waals surface area contributed by atoms with Gasteiger partial charge in [-0.3, -0.25) is 0 Å². The first-order valence-electron chi connectivity index (χ1n) is 7.49. The first-order valence-corrected chi connectivity index (χ1v) is 7.49. The van der Waals surface area contributed by atoms with Crippen LogP contribution in [-0.2, 0) is 9.31 Å². The minimum absolute atomic E-state index is 0.367. The second-order valence-corrected chi connectivity index (χ2v) is 6.80. The van der Waals surface area contributed by atoms with E-state index in [4.69, 9.17) is 14.0 Å². The van der Waals surface area contributed by atoms with E-state index >= 15 is 0 Å². The van der Waals surface area contributed by atoms with Gasteiger partial charge in [0.15, 0.2) is 0 Å². The molecule has 1 N–H and O–H groups in total. The zero-order valence-electron chi connectivity index (χ0n) is 13.4. The van der Waals surface area contributed by atoms with Gasteiger partial charge in [0.05, 0.1) is 18.3 Å². The minimum Gasteiger partial charge on any atom is -0.481 e. The van der Waals surface area contributed by atoms with Crippen LogP contribution in [0.4, 0.5) is 5.82 Å². The molecule has 0 bridgehead atoms. The van der Waals surface area contributed by atoms with Gasteiger partial charge in [0.25, 0.3) is 0 Å². The van der Waals surface area contributed by atoms with Crippen LogP contribution in [0.15, 0.2) is 12.1 Å². The maximum absolute atomic E-state index is 6.06. The number of anilines is 1. The third-order valence-electron chi connectivity index (χ3n) is 4.52. The van der Waals surface area contributed by atoms with Gasteiger partial charge in [-0.25, -0.2) is 0 Å². The number of nitrogens with one attached hydrogen (secondary N) is 1. The Labute approximate surface area is 126 Å². The number of nitrogens with zero attached hydrogens (tertiary/aromatic N) is 1. The van der Waals surface area contributed by atoms with Crippen LogP contribution < -0.4 is 15.5 Å². The van der Waals surface area contributed by atoms with E-state index in [9.17, 15) is 0 Å². The highest BCUT2D eigenvalue weighted by atomic mass is 16.7. The van der Waals surface area contributed by atoms with Gasteiger partial charge in [-0.05, 0) is 46.6 Å². The largest absolute Gasteiger partial charge is 0.500 e. The highest BCUT2D eigenvalue weighted by Crippen LogP contribution is 2.37. The summed E-state index contributed by atoms with van der Waals surface area (Å²) in [7, 11) is 1.17. The molecular weight excluding hydrogens is 267 g/mol. The molecule has 0 spiro atoms. The highest BCUT2D eigenvalue weighted by molar-refractivity contribution is 6.63. The summed E-state index contributed by atoms with van der Waals surface area (Å²) in [5, 5.41) is 3.37. The zero-order valence-corrected chi connectivity index (χ0v) is 13.4. The Hall–Kier alpha value is -1.27. The van der Waals surface area contributed by atoms with E-state index in [0.717, 1.165) is 11.3 Å². The Morgan fingerprint density at radius 2 is 1.81 bits per heavy atom. The monoisotopic (exact) mass is 290 g/mol. The maximum Gasteiger partial charge on any atom is 0.500 e. The second-order valence-electron chi connectivity index (χ2n) is 6.80. The molecule has 21 heavy (non-hydrogen) atoms. The molecule has 1 aromatic rings. The van der Waals surface area contributed by atoms with E-state index in [0.29, 0.717) is 11.9 Å². The Balaban J connectivity index is 1.85.